The number of methoxy groups -OCH3 is 1. The molecule has 2 aromatic carbocycles. The average molecular weight is 455 g/mol. The number of nitrogens with zero attached hydrogens (tertiary/aromatic N) is 1. The first-order valence-electron chi connectivity index (χ1n) is 11.3. The first-order valence-corrected chi connectivity index (χ1v) is 12.9. The molecule has 1 atom stereocenters. The standard InChI is InChI=1S/C26H34N2O3S/c1-5-7-17-28(20(3)21-11-9-8-10-12-21)19-22-13-15-25(27-22)24-18-23(32(29,30)6-2)14-16-26(24)31-4/h8-16,18,20,27H,5-7,17,19H2,1-4H3/t20-/m0/s1. The molecule has 5 nitrogen and oxygen atoms in total. The summed E-state index contributed by atoms with van der Waals surface area (Å²) in [4.78, 5) is 6.29. The number of H-pyrrole nitrogens is 1. The molecule has 0 saturated carbocycles. The fraction of sp³-hybridized carbons (Fsp3) is 0.385. The number of ether oxygens (including phenoxy) is 1. The molecule has 3 aromatic rings. The number of unbranched alkanes of at least 4 members (excludes halogenated alkanes) is 1. The number of sulfone groups is 1. The van der Waals surface area contributed by atoms with E-state index in [1.54, 1.807) is 32.2 Å². The predicted octanol–water partition coefficient (Wildman–Crippen LogP) is 5.85. The highest BCUT2D eigenvalue weighted by Crippen LogP contribution is 2.33. The molecular weight excluding hydrogens is 420 g/mol. The van der Waals surface area contributed by atoms with Crippen molar-refractivity contribution in [3.05, 3.63) is 71.9 Å². The van der Waals surface area contributed by atoms with Gasteiger partial charge in [0.15, 0.2) is 9.84 Å². The summed E-state index contributed by atoms with van der Waals surface area (Å²) in [6.45, 7) is 7.91. The van der Waals surface area contributed by atoms with Crippen LogP contribution < -0.4 is 4.74 Å². The maximum absolute atomic E-state index is 12.4. The fourth-order valence-corrected chi connectivity index (χ4v) is 4.79. The number of benzene rings is 2. The van der Waals surface area contributed by atoms with Gasteiger partial charge in [0.25, 0.3) is 0 Å². The molecule has 1 heterocycles. The molecule has 6 heteroatoms. The Labute approximate surface area is 192 Å². The zero-order valence-electron chi connectivity index (χ0n) is 19.5. The van der Waals surface area contributed by atoms with Crippen molar-refractivity contribution in [2.45, 2.75) is 51.1 Å². The lowest BCUT2D eigenvalue weighted by Gasteiger charge is -2.29. The number of rotatable bonds is 11. The highest BCUT2D eigenvalue weighted by Gasteiger charge is 2.19. The van der Waals surface area contributed by atoms with E-state index >= 15 is 0 Å². The molecule has 0 aliphatic carbocycles. The summed E-state index contributed by atoms with van der Waals surface area (Å²) in [6.07, 6.45) is 2.28. The third-order valence-electron chi connectivity index (χ3n) is 5.95. The van der Waals surface area contributed by atoms with E-state index in [0.717, 1.165) is 42.9 Å². The van der Waals surface area contributed by atoms with E-state index in [4.69, 9.17) is 4.74 Å². The lowest BCUT2D eigenvalue weighted by Crippen LogP contribution is -2.28. The van der Waals surface area contributed by atoms with Crippen LogP contribution in [0.25, 0.3) is 11.3 Å². The Hall–Kier alpha value is -2.57. The minimum absolute atomic E-state index is 0.0680. The molecule has 0 aliphatic heterocycles. The van der Waals surface area contributed by atoms with Crippen LogP contribution in [0.2, 0.25) is 0 Å². The molecule has 1 N–H and O–H groups in total. The van der Waals surface area contributed by atoms with E-state index in [1.807, 2.05) is 12.1 Å². The van der Waals surface area contributed by atoms with Crippen LogP contribution in [-0.2, 0) is 16.4 Å². The summed E-state index contributed by atoms with van der Waals surface area (Å²) in [5.41, 5.74) is 4.00. The van der Waals surface area contributed by atoms with Crippen molar-refractivity contribution >= 4 is 9.84 Å². The van der Waals surface area contributed by atoms with E-state index in [-0.39, 0.29) is 5.75 Å². The van der Waals surface area contributed by atoms with Crippen molar-refractivity contribution in [2.75, 3.05) is 19.4 Å². The lowest BCUT2D eigenvalue weighted by molar-refractivity contribution is 0.196. The molecule has 0 aliphatic rings. The average Bonchev–Trinajstić information content (AvgIpc) is 3.29. The van der Waals surface area contributed by atoms with E-state index in [2.05, 4.69) is 54.1 Å². The van der Waals surface area contributed by atoms with Gasteiger partial charge in [-0.3, -0.25) is 4.90 Å². The van der Waals surface area contributed by atoms with Crippen molar-refractivity contribution in [3.8, 4) is 17.0 Å². The summed E-state index contributed by atoms with van der Waals surface area (Å²) in [6, 6.07) is 20.0. The second kappa shape index (κ2) is 10.8. The Morgan fingerprint density at radius 1 is 1.03 bits per heavy atom. The lowest BCUT2D eigenvalue weighted by atomic mass is 10.1. The molecule has 172 valence electrons. The van der Waals surface area contributed by atoms with Gasteiger partial charge >= 0.3 is 0 Å². The molecule has 0 amide bonds. The van der Waals surface area contributed by atoms with Crippen LogP contribution in [0.15, 0.2) is 65.6 Å². The minimum atomic E-state index is -3.30. The van der Waals surface area contributed by atoms with E-state index in [9.17, 15) is 8.42 Å². The van der Waals surface area contributed by atoms with E-state index in [1.165, 1.54) is 5.56 Å². The van der Waals surface area contributed by atoms with Crippen LogP contribution >= 0.6 is 0 Å². The van der Waals surface area contributed by atoms with Crippen LogP contribution in [0.1, 0.15) is 50.9 Å². The van der Waals surface area contributed by atoms with Crippen LogP contribution in [0.5, 0.6) is 5.75 Å². The number of aromatic amines is 1. The molecule has 0 radical (unpaired) electrons. The number of hydrogen-bond donors (Lipinski definition) is 1. The molecule has 0 spiro atoms. The van der Waals surface area contributed by atoms with Gasteiger partial charge in [-0.05, 0) is 55.8 Å². The smallest absolute Gasteiger partial charge is 0.178 e. The maximum atomic E-state index is 12.4. The Morgan fingerprint density at radius 2 is 1.78 bits per heavy atom. The normalized spacial score (nSPS) is 12.8. The van der Waals surface area contributed by atoms with Gasteiger partial charge in [0.05, 0.1) is 17.8 Å². The topological polar surface area (TPSA) is 62.4 Å². The van der Waals surface area contributed by atoms with E-state index in [0.29, 0.717) is 16.7 Å². The van der Waals surface area contributed by atoms with Crippen molar-refractivity contribution in [1.82, 2.24) is 9.88 Å². The van der Waals surface area contributed by atoms with Crippen LogP contribution in [0, 0.1) is 0 Å². The predicted molar refractivity (Wildman–Crippen MR) is 131 cm³/mol. The third-order valence-corrected chi connectivity index (χ3v) is 7.68. The first kappa shape index (κ1) is 24.1. The summed E-state index contributed by atoms with van der Waals surface area (Å²) in [5.74, 6) is 0.715. The molecule has 0 saturated heterocycles. The number of aromatic nitrogens is 1. The summed E-state index contributed by atoms with van der Waals surface area (Å²) in [7, 11) is -1.69. The molecule has 3 rings (SSSR count). The quantitative estimate of drug-likeness (QED) is 0.395. The Kier molecular flexibility index (Phi) is 8.15. The molecule has 0 fully saturated rings. The fourth-order valence-electron chi connectivity index (χ4n) is 3.88. The second-order valence-corrected chi connectivity index (χ2v) is 10.4. The molecular formula is C26H34N2O3S. The van der Waals surface area contributed by atoms with Crippen molar-refractivity contribution < 1.29 is 13.2 Å². The van der Waals surface area contributed by atoms with Gasteiger partial charge in [0.1, 0.15) is 5.75 Å². The van der Waals surface area contributed by atoms with Gasteiger partial charge in [0, 0.05) is 29.5 Å². The highest BCUT2D eigenvalue weighted by atomic mass is 32.2. The highest BCUT2D eigenvalue weighted by molar-refractivity contribution is 7.91. The van der Waals surface area contributed by atoms with Gasteiger partial charge in [-0.15, -0.1) is 0 Å². The zero-order chi connectivity index (χ0) is 23.1. The summed E-state index contributed by atoms with van der Waals surface area (Å²) < 4.78 is 30.3. The maximum Gasteiger partial charge on any atom is 0.178 e. The van der Waals surface area contributed by atoms with Gasteiger partial charge in [0.2, 0.25) is 0 Å². The first-order chi connectivity index (χ1) is 15.4. The Morgan fingerprint density at radius 3 is 2.44 bits per heavy atom. The van der Waals surface area contributed by atoms with Gasteiger partial charge < -0.3 is 9.72 Å². The third kappa shape index (κ3) is 5.61. The van der Waals surface area contributed by atoms with Crippen molar-refractivity contribution in [1.29, 1.82) is 0 Å². The van der Waals surface area contributed by atoms with Crippen molar-refractivity contribution in [2.24, 2.45) is 0 Å². The zero-order valence-corrected chi connectivity index (χ0v) is 20.3. The largest absolute Gasteiger partial charge is 0.496 e. The summed E-state index contributed by atoms with van der Waals surface area (Å²) >= 11 is 0. The SMILES string of the molecule is CCCCN(Cc1ccc(-c2cc(S(=O)(=O)CC)ccc2OC)[nH]1)[C@@H](C)c1ccccc1. The van der Waals surface area contributed by atoms with Crippen LogP contribution in [0.3, 0.4) is 0 Å². The Bertz CT molecular complexity index is 1110. The monoisotopic (exact) mass is 454 g/mol. The second-order valence-electron chi connectivity index (χ2n) is 8.07. The minimum Gasteiger partial charge on any atom is -0.496 e. The number of nitrogens with one attached hydrogen (secondary N) is 1. The number of hydrogen-bond acceptors (Lipinski definition) is 4. The molecule has 1 aromatic heterocycles. The van der Waals surface area contributed by atoms with E-state index < -0.39 is 9.84 Å². The Balaban J connectivity index is 1.89. The van der Waals surface area contributed by atoms with Crippen molar-refractivity contribution in [3.63, 3.8) is 0 Å². The van der Waals surface area contributed by atoms with Crippen LogP contribution in [-0.4, -0.2) is 37.7 Å². The molecule has 32 heavy (non-hydrogen) atoms. The van der Waals surface area contributed by atoms with Gasteiger partial charge in [-0.2, -0.15) is 0 Å². The summed E-state index contributed by atoms with van der Waals surface area (Å²) in [5, 5.41) is 0. The molecule has 0 bridgehead atoms. The van der Waals surface area contributed by atoms with Gasteiger partial charge in [-0.25, -0.2) is 8.42 Å². The van der Waals surface area contributed by atoms with Gasteiger partial charge in [-0.1, -0.05) is 50.6 Å². The molecule has 0 unspecified atom stereocenters. The van der Waals surface area contributed by atoms with Crippen LogP contribution in [0.4, 0.5) is 0 Å².